The number of piperidine rings is 1. The molecule has 0 saturated carbocycles. The van der Waals surface area contributed by atoms with E-state index >= 15 is 0 Å². The van der Waals surface area contributed by atoms with E-state index in [2.05, 4.69) is 11.2 Å². The molecule has 142 valence electrons. The van der Waals surface area contributed by atoms with Gasteiger partial charge in [-0.05, 0) is 31.0 Å². The Kier molecular flexibility index (Phi) is 4.15. The molecule has 28 heavy (non-hydrogen) atoms. The van der Waals surface area contributed by atoms with Crippen molar-refractivity contribution in [3.05, 3.63) is 77.6 Å². The van der Waals surface area contributed by atoms with E-state index in [1.807, 2.05) is 71.4 Å². The van der Waals surface area contributed by atoms with Crippen LogP contribution in [0, 0.1) is 0 Å². The van der Waals surface area contributed by atoms with Crippen molar-refractivity contribution in [1.29, 1.82) is 0 Å². The number of likely N-dealkylation sites (tertiary alicyclic amines) is 1. The Hall–Kier alpha value is -3.08. The zero-order valence-corrected chi connectivity index (χ0v) is 15.9. The van der Waals surface area contributed by atoms with Gasteiger partial charge in [0.25, 0.3) is 0 Å². The van der Waals surface area contributed by atoms with Gasteiger partial charge in [-0.1, -0.05) is 36.4 Å². The molecular formula is C23H23N3O2. The van der Waals surface area contributed by atoms with E-state index in [9.17, 15) is 4.79 Å². The molecule has 3 heterocycles. The number of para-hydroxylation sites is 2. The largest absolute Gasteiger partial charge is 0.457 e. The number of aryl methyl sites for hydroxylation is 1. The van der Waals surface area contributed by atoms with Crippen LogP contribution >= 0.6 is 0 Å². The number of benzene rings is 2. The Balaban J connectivity index is 1.48. The van der Waals surface area contributed by atoms with E-state index in [0.717, 1.165) is 54.3 Å². The van der Waals surface area contributed by atoms with Crippen LogP contribution in [0.4, 0.5) is 0 Å². The third kappa shape index (κ3) is 2.87. The van der Waals surface area contributed by atoms with Crippen molar-refractivity contribution >= 4 is 5.91 Å². The van der Waals surface area contributed by atoms with Gasteiger partial charge in [-0.3, -0.25) is 9.48 Å². The third-order valence-electron chi connectivity index (χ3n) is 5.81. The maximum Gasteiger partial charge on any atom is 0.234 e. The quantitative estimate of drug-likeness (QED) is 0.680. The van der Waals surface area contributed by atoms with Gasteiger partial charge in [0, 0.05) is 43.4 Å². The predicted octanol–water partition coefficient (Wildman–Crippen LogP) is 4.06. The van der Waals surface area contributed by atoms with E-state index in [-0.39, 0.29) is 11.8 Å². The maximum absolute atomic E-state index is 13.7. The molecule has 2 aliphatic rings. The van der Waals surface area contributed by atoms with Gasteiger partial charge in [0.05, 0.1) is 11.6 Å². The zero-order valence-electron chi connectivity index (χ0n) is 15.9. The molecule has 2 aromatic carbocycles. The third-order valence-corrected chi connectivity index (χ3v) is 5.81. The molecule has 1 amide bonds. The van der Waals surface area contributed by atoms with Gasteiger partial charge in [-0.15, -0.1) is 0 Å². The number of hydrogen-bond acceptors (Lipinski definition) is 3. The number of fused-ring (bicyclic) bond motifs is 2. The molecule has 1 aromatic heterocycles. The average Bonchev–Trinajstić information content (AvgIpc) is 3.18. The number of aromatic nitrogens is 2. The van der Waals surface area contributed by atoms with Gasteiger partial charge < -0.3 is 9.64 Å². The predicted molar refractivity (Wildman–Crippen MR) is 107 cm³/mol. The SMILES string of the molecule is Cn1ccc([C@H]2CCCN(C(=O)C3c4ccccc4Oc4ccccc43)C2)n1. The summed E-state index contributed by atoms with van der Waals surface area (Å²) in [4.78, 5) is 15.7. The number of amides is 1. The standard InChI is InChI=1S/C23H23N3O2/c1-25-14-12-19(24-25)16-7-6-13-26(15-16)23(27)22-17-8-2-4-10-20(17)28-21-11-5-3-9-18(21)22/h2-5,8-12,14,16,22H,6-7,13,15H2,1H3/t16-/m0/s1. The second kappa shape index (κ2) is 6.82. The molecule has 0 radical (unpaired) electrons. The fraction of sp³-hybridized carbons (Fsp3) is 0.304. The summed E-state index contributed by atoms with van der Waals surface area (Å²) in [6.07, 6.45) is 4.04. The first kappa shape index (κ1) is 17.0. The summed E-state index contributed by atoms with van der Waals surface area (Å²) in [6.45, 7) is 1.52. The minimum Gasteiger partial charge on any atom is -0.457 e. The van der Waals surface area contributed by atoms with Crippen LogP contribution in [-0.2, 0) is 11.8 Å². The number of carbonyl (C=O) groups is 1. The summed E-state index contributed by atoms with van der Waals surface area (Å²) in [5.74, 6) is 1.69. The summed E-state index contributed by atoms with van der Waals surface area (Å²) in [5.41, 5.74) is 2.98. The van der Waals surface area contributed by atoms with Crippen molar-refractivity contribution in [3.63, 3.8) is 0 Å². The Morgan fingerprint density at radius 3 is 2.36 bits per heavy atom. The molecule has 0 bridgehead atoms. The van der Waals surface area contributed by atoms with E-state index in [1.54, 1.807) is 0 Å². The summed E-state index contributed by atoms with van der Waals surface area (Å²) >= 11 is 0. The maximum atomic E-state index is 13.7. The van der Waals surface area contributed by atoms with Gasteiger partial charge in [-0.2, -0.15) is 5.10 Å². The smallest absolute Gasteiger partial charge is 0.234 e. The fourth-order valence-corrected chi connectivity index (χ4v) is 4.43. The van der Waals surface area contributed by atoms with Crippen molar-refractivity contribution in [3.8, 4) is 11.5 Å². The van der Waals surface area contributed by atoms with Gasteiger partial charge >= 0.3 is 0 Å². The lowest BCUT2D eigenvalue weighted by Gasteiger charge is -2.36. The molecule has 1 atom stereocenters. The Morgan fingerprint density at radius 2 is 1.71 bits per heavy atom. The zero-order chi connectivity index (χ0) is 19.1. The molecule has 5 nitrogen and oxygen atoms in total. The summed E-state index contributed by atoms with van der Waals surface area (Å²) in [6, 6.07) is 17.8. The lowest BCUT2D eigenvalue weighted by Crippen LogP contribution is -2.42. The molecule has 5 heteroatoms. The first-order valence-electron chi connectivity index (χ1n) is 9.85. The summed E-state index contributed by atoms with van der Waals surface area (Å²) in [7, 11) is 1.94. The highest BCUT2D eigenvalue weighted by molar-refractivity contribution is 5.89. The van der Waals surface area contributed by atoms with Crippen LogP contribution in [0.1, 0.15) is 41.5 Å². The Bertz CT molecular complexity index is 980. The lowest BCUT2D eigenvalue weighted by atomic mass is 9.85. The molecule has 1 saturated heterocycles. The van der Waals surface area contributed by atoms with E-state index in [0.29, 0.717) is 5.92 Å². The molecule has 2 aliphatic heterocycles. The van der Waals surface area contributed by atoms with Crippen molar-refractivity contribution in [1.82, 2.24) is 14.7 Å². The number of nitrogens with zero attached hydrogens (tertiary/aromatic N) is 3. The van der Waals surface area contributed by atoms with Crippen LogP contribution < -0.4 is 4.74 Å². The first-order valence-corrected chi connectivity index (χ1v) is 9.85. The van der Waals surface area contributed by atoms with Crippen molar-refractivity contribution in [2.24, 2.45) is 7.05 Å². The highest BCUT2D eigenvalue weighted by Gasteiger charge is 2.37. The average molecular weight is 373 g/mol. The molecule has 1 fully saturated rings. The number of ether oxygens (including phenoxy) is 1. The highest BCUT2D eigenvalue weighted by atomic mass is 16.5. The van der Waals surface area contributed by atoms with Crippen LogP contribution in [0.2, 0.25) is 0 Å². The summed E-state index contributed by atoms with van der Waals surface area (Å²) < 4.78 is 7.89. The molecule has 0 aliphatic carbocycles. The van der Waals surface area contributed by atoms with Crippen molar-refractivity contribution in [2.75, 3.05) is 13.1 Å². The van der Waals surface area contributed by atoms with Crippen molar-refractivity contribution in [2.45, 2.75) is 24.7 Å². The molecule has 0 unspecified atom stereocenters. The van der Waals surface area contributed by atoms with Gasteiger partial charge in [0.2, 0.25) is 5.91 Å². The second-order valence-electron chi connectivity index (χ2n) is 7.65. The number of rotatable bonds is 2. The molecule has 3 aromatic rings. The molecule has 0 spiro atoms. The van der Waals surface area contributed by atoms with Crippen LogP contribution in [0.3, 0.4) is 0 Å². The molecular weight excluding hydrogens is 350 g/mol. The lowest BCUT2D eigenvalue weighted by molar-refractivity contribution is -0.133. The van der Waals surface area contributed by atoms with Crippen LogP contribution in [0.25, 0.3) is 0 Å². The van der Waals surface area contributed by atoms with Crippen LogP contribution in [0.15, 0.2) is 60.8 Å². The first-order chi connectivity index (χ1) is 13.7. The van der Waals surface area contributed by atoms with Crippen LogP contribution in [0.5, 0.6) is 11.5 Å². The number of carbonyl (C=O) groups excluding carboxylic acids is 1. The van der Waals surface area contributed by atoms with Crippen LogP contribution in [-0.4, -0.2) is 33.7 Å². The van der Waals surface area contributed by atoms with Gasteiger partial charge in [0.15, 0.2) is 0 Å². The highest BCUT2D eigenvalue weighted by Crippen LogP contribution is 2.45. The molecule has 5 rings (SSSR count). The monoisotopic (exact) mass is 373 g/mol. The van der Waals surface area contributed by atoms with E-state index in [1.165, 1.54) is 0 Å². The van der Waals surface area contributed by atoms with Gasteiger partial charge in [0.1, 0.15) is 11.5 Å². The number of hydrogen-bond donors (Lipinski definition) is 0. The Labute approximate surface area is 164 Å². The van der Waals surface area contributed by atoms with E-state index < -0.39 is 0 Å². The van der Waals surface area contributed by atoms with E-state index in [4.69, 9.17) is 4.74 Å². The van der Waals surface area contributed by atoms with Crippen molar-refractivity contribution < 1.29 is 9.53 Å². The fourth-order valence-electron chi connectivity index (χ4n) is 4.43. The normalized spacial score (nSPS) is 18.9. The second-order valence-corrected chi connectivity index (χ2v) is 7.65. The molecule has 0 N–H and O–H groups in total. The minimum absolute atomic E-state index is 0.156. The summed E-state index contributed by atoms with van der Waals surface area (Å²) in [5, 5.41) is 4.57. The topological polar surface area (TPSA) is 47.4 Å². The minimum atomic E-state index is -0.316. The Morgan fingerprint density at radius 1 is 1.04 bits per heavy atom. The van der Waals surface area contributed by atoms with Gasteiger partial charge in [-0.25, -0.2) is 0 Å².